The molecule has 0 aliphatic carbocycles. The Morgan fingerprint density at radius 1 is 0.562 bits per heavy atom. The lowest BCUT2D eigenvalue weighted by Crippen LogP contribution is -1.74. The van der Waals surface area contributed by atoms with Gasteiger partial charge in [-0.1, -0.05) is 76.7 Å². The van der Waals surface area contributed by atoms with Gasteiger partial charge in [0.05, 0.1) is 0 Å². The fourth-order valence-corrected chi connectivity index (χ4v) is 1.73. The van der Waals surface area contributed by atoms with Gasteiger partial charge in [0.25, 0.3) is 0 Å². The lowest BCUT2D eigenvalue weighted by Gasteiger charge is -1.94. The largest absolute Gasteiger partial charge is 0.0845 e. The highest BCUT2D eigenvalue weighted by Gasteiger charge is 1.84. The summed E-state index contributed by atoms with van der Waals surface area (Å²) in [5, 5.41) is 0. The molecule has 0 heteroatoms. The Bertz CT molecular complexity index is 145. The summed E-state index contributed by atoms with van der Waals surface area (Å²) in [4.78, 5) is 0. The predicted octanol–water partition coefficient (Wildman–Crippen LogP) is 6.04. The topological polar surface area (TPSA) is 0 Å². The quantitative estimate of drug-likeness (QED) is 0.295. The van der Waals surface area contributed by atoms with Crippen molar-refractivity contribution in [3.05, 3.63) is 24.3 Å². The number of rotatable bonds is 11. The first-order valence-corrected chi connectivity index (χ1v) is 7.23. The summed E-state index contributed by atoms with van der Waals surface area (Å²) in [6.07, 6.45) is 22.5. The smallest absolute Gasteiger partial charge is 0.0348 e. The minimum absolute atomic E-state index is 1.25. The summed E-state index contributed by atoms with van der Waals surface area (Å²) in [5.74, 6) is 0. The maximum atomic E-state index is 2.30. The molecule has 16 heavy (non-hydrogen) atoms. The molecule has 0 nitrogen and oxygen atoms in total. The van der Waals surface area contributed by atoms with Gasteiger partial charge in [-0.05, 0) is 25.7 Å². The van der Waals surface area contributed by atoms with Gasteiger partial charge in [0.1, 0.15) is 0 Å². The van der Waals surface area contributed by atoms with Crippen molar-refractivity contribution in [2.75, 3.05) is 0 Å². The summed E-state index contributed by atoms with van der Waals surface area (Å²) >= 11 is 0. The molecule has 0 aromatic heterocycles. The highest BCUT2D eigenvalue weighted by atomic mass is 13.9. The second-order valence-corrected chi connectivity index (χ2v) is 4.55. The molecule has 0 N–H and O–H groups in total. The van der Waals surface area contributed by atoms with E-state index in [4.69, 9.17) is 0 Å². The normalized spacial score (nSPS) is 11.9. The predicted molar refractivity (Wildman–Crippen MR) is 75.8 cm³/mol. The fourth-order valence-electron chi connectivity index (χ4n) is 1.73. The van der Waals surface area contributed by atoms with Crippen molar-refractivity contribution in [1.82, 2.24) is 0 Å². The molecule has 0 amide bonds. The third-order valence-electron chi connectivity index (χ3n) is 2.83. The van der Waals surface area contributed by atoms with E-state index >= 15 is 0 Å². The van der Waals surface area contributed by atoms with Gasteiger partial charge in [-0.2, -0.15) is 0 Å². The van der Waals surface area contributed by atoms with Crippen molar-refractivity contribution in [3.8, 4) is 0 Å². The first-order valence-electron chi connectivity index (χ1n) is 7.23. The average molecular weight is 222 g/mol. The van der Waals surface area contributed by atoms with E-state index in [2.05, 4.69) is 38.2 Å². The molecule has 0 aromatic carbocycles. The van der Waals surface area contributed by atoms with Crippen LogP contribution in [-0.2, 0) is 0 Å². The lowest BCUT2D eigenvalue weighted by molar-refractivity contribution is 0.673. The zero-order valence-corrected chi connectivity index (χ0v) is 11.4. The van der Waals surface area contributed by atoms with Crippen LogP contribution in [0.3, 0.4) is 0 Å². The van der Waals surface area contributed by atoms with E-state index in [-0.39, 0.29) is 0 Å². The summed E-state index contributed by atoms with van der Waals surface area (Å²) < 4.78 is 0. The Morgan fingerprint density at radius 2 is 1.00 bits per heavy atom. The monoisotopic (exact) mass is 222 g/mol. The van der Waals surface area contributed by atoms with Gasteiger partial charge in [0.2, 0.25) is 0 Å². The van der Waals surface area contributed by atoms with E-state index in [0.29, 0.717) is 0 Å². The molecule has 0 atom stereocenters. The van der Waals surface area contributed by atoms with Crippen molar-refractivity contribution < 1.29 is 0 Å². The Balaban J connectivity index is 3.15. The number of hydrogen-bond acceptors (Lipinski definition) is 0. The molecule has 0 radical (unpaired) electrons. The van der Waals surface area contributed by atoms with Gasteiger partial charge in [0, 0.05) is 0 Å². The molecular weight excluding hydrogens is 192 g/mol. The van der Waals surface area contributed by atoms with E-state index < -0.39 is 0 Å². The molecular formula is C16H30. The molecule has 0 aliphatic rings. The molecule has 0 aromatic rings. The third kappa shape index (κ3) is 13.5. The van der Waals surface area contributed by atoms with E-state index in [9.17, 15) is 0 Å². The Kier molecular flexibility index (Phi) is 14.0. The first kappa shape index (κ1) is 15.5. The van der Waals surface area contributed by atoms with Crippen LogP contribution in [0.4, 0.5) is 0 Å². The highest BCUT2D eigenvalue weighted by Crippen LogP contribution is 2.04. The van der Waals surface area contributed by atoms with Gasteiger partial charge in [-0.3, -0.25) is 0 Å². The van der Waals surface area contributed by atoms with Gasteiger partial charge in [-0.25, -0.2) is 0 Å². The minimum atomic E-state index is 1.25. The molecule has 0 aliphatic heterocycles. The van der Waals surface area contributed by atoms with Crippen LogP contribution < -0.4 is 0 Å². The molecule has 0 saturated heterocycles. The maximum Gasteiger partial charge on any atom is -0.0348 e. The SMILES string of the molecule is CCCCCC/C=C\C=C\CCCCCC. The van der Waals surface area contributed by atoms with Crippen LogP contribution in [0.25, 0.3) is 0 Å². The highest BCUT2D eigenvalue weighted by molar-refractivity contribution is 5.02. The first-order chi connectivity index (χ1) is 7.91. The molecule has 0 bridgehead atoms. The van der Waals surface area contributed by atoms with Crippen LogP contribution >= 0.6 is 0 Å². The Labute approximate surface area is 103 Å². The van der Waals surface area contributed by atoms with Gasteiger partial charge >= 0.3 is 0 Å². The fraction of sp³-hybridized carbons (Fsp3) is 0.750. The molecule has 0 heterocycles. The van der Waals surface area contributed by atoms with Crippen LogP contribution in [0.15, 0.2) is 24.3 Å². The summed E-state index contributed by atoms with van der Waals surface area (Å²) in [5.41, 5.74) is 0. The zero-order valence-electron chi connectivity index (χ0n) is 11.4. The van der Waals surface area contributed by atoms with Crippen molar-refractivity contribution in [2.45, 2.75) is 78.1 Å². The zero-order chi connectivity index (χ0) is 11.9. The lowest BCUT2D eigenvalue weighted by atomic mass is 10.1. The van der Waals surface area contributed by atoms with Crippen LogP contribution in [0.2, 0.25) is 0 Å². The van der Waals surface area contributed by atoms with Crippen molar-refractivity contribution in [3.63, 3.8) is 0 Å². The Hall–Kier alpha value is -0.520. The minimum Gasteiger partial charge on any atom is -0.0845 e. The average Bonchev–Trinajstić information content (AvgIpc) is 2.31. The molecule has 0 unspecified atom stereocenters. The molecule has 94 valence electrons. The molecule has 0 saturated carbocycles. The van der Waals surface area contributed by atoms with Crippen molar-refractivity contribution >= 4 is 0 Å². The van der Waals surface area contributed by atoms with E-state index in [1.165, 1.54) is 64.2 Å². The molecule has 0 spiro atoms. The summed E-state index contributed by atoms with van der Waals surface area (Å²) in [6, 6.07) is 0. The van der Waals surface area contributed by atoms with Gasteiger partial charge in [0.15, 0.2) is 0 Å². The summed E-state index contributed by atoms with van der Waals surface area (Å²) in [7, 11) is 0. The summed E-state index contributed by atoms with van der Waals surface area (Å²) in [6.45, 7) is 4.52. The molecule has 0 rings (SSSR count). The number of hydrogen-bond donors (Lipinski definition) is 0. The number of allylic oxidation sites excluding steroid dienone is 4. The standard InChI is InChI=1S/C16H30/c1-3-5-7-9-11-13-15-16-14-12-10-8-6-4-2/h13-16H,3-12H2,1-2H3/b15-13-,16-14+. The van der Waals surface area contributed by atoms with E-state index in [0.717, 1.165) is 0 Å². The van der Waals surface area contributed by atoms with Crippen LogP contribution in [0, 0.1) is 0 Å². The van der Waals surface area contributed by atoms with Gasteiger partial charge < -0.3 is 0 Å². The number of unbranched alkanes of at least 4 members (excludes halogenated alkanes) is 8. The second kappa shape index (κ2) is 14.5. The second-order valence-electron chi connectivity index (χ2n) is 4.55. The third-order valence-corrected chi connectivity index (χ3v) is 2.83. The van der Waals surface area contributed by atoms with Crippen LogP contribution in [-0.4, -0.2) is 0 Å². The van der Waals surface area contributed by atoms with Gasteiger partial charge in [-0.15, -0.1) is 0 Å². The Morgan fingerprint density at radius 3 is 1.38 bits per heavy atom. The van der Waals surface area contributed by atoms with Crippen LogP contribution in [0.1, 0.15) is 78.1 Å². The van der Waals surface area contributed by atoms with Crippen molar-refractivity contribution in [2.24, 2.45) is 0 Å². The maximum absolute atomic E-state index is 2.30. The van der Waals surface area contributed by atoms with Crippen LogP contribution in [0.5, 0.6) is 0 Å². The molecule has 0 fully saturated rings. The van der Waals surface area contributed by atoms with E-state index in [1.807, 2.05) is 0 Å². The van der Waals surface area contributed by atoms with E-state index in [1.54, 1.807) is 0 Å². The van der Waals surface area contributed by atoms with Crippen molar-refractivity contribution in [1.29, 1.82) is 0 Å².